The molecule has 0 bridgehead atoms. The molecule has 0 saturated carbocycles. The number of phosphoric ester groups is 1. The van der Waals surface area contributed by atoms with Gasteiger partial charge in [0.05, 0.1) is 18.8 Å². The number of ether oxygens (including phenoxy) is 1. The standard InChI is InChI=1S/C41H54N7O12P/c1-25-20-41(23-49)24-59-27(3)34(45-35(50)31(18-28-12-6-4-7-13-28)44-40(55)43-29-14-8-5-9-15-29)39(54)47-22-30(60-61(56,57)58)19-33(47)38(53)46-17-11-10-16-32(46)36(51)42-26(2)37(52)48(41)21-25/h4-9,12-15,23,25-27,30-34H,10-11,16-22,24H2,1-3H3,(H,42,51)(H,45,50)(H2,43,44,55)(H2,56,57,58)/t25-,26+,27+,30-,31+,32+,33+,34+,41?/m1/s1. The number of anilines is 1. The molecule has 0 aliphatic carbocycles. The summed E-state index contributed by atoms with van der Waals surface area (Å²) in [5.41, 5.74) is -0.399. The van der Waals surface area contributed by atoms with E-state index >= 15 is 4.79 Å². The summed E-state index contributed by atoms with van der Waals surface area (Å²) in [6, 6.07) is 10.1. The highest BCUT2D eigenvalue weighted by molar-refractivity contribution is 7.46. The topological polar surface area (TPSA) is 253 Å². The summed E-state index contributed by atoms with van der Waals surface area (Å²) < 4.78 is 23.4. The molecule has 7 amide bonds. The third-order valence-corrected chi connectivity index (χ3v) is 12.3. The van der Waals surface area contributed by atoms with E-state index in [0.29, 0.717) is 30.4 Å². The molecule has 6 N–H and O–H groups in total. The van der Waals surface area contributed by atoms with E-state index in [1.807, 2.05) is 6.92 Å². The number of aldehydes is 1. The maximum absolute atomic E-state index is 15.0. The number of para-hydroxylation sites is 1. The molecule has 2 aromatic carbocycles. The van der Waals surface area contributed by atoms with Crippen LogP contribution in [0.4, 0.5) is 10.5 Å². The lowest BCUT2D eigenvalue weighted by Gasteiger charge is -2.41. The van der Waals surface area contributed by atoms with Crippen LogP contribution in [0.1, 0.15) is 58.4 Å². The normalized spacial score (nSPS) is 29.5. The van der Waals surface area contributed by atoms with Crippen molar-refractivity contribution in [2.24, 2.45) is 5.92 Å². The predicted molar refractivity (Wildman–Crippen MR) is 218 cm³/mol. The first-order chi connectivity index (χ1) is 29.0. The number of carbonyl (C=O) groups is 7. The highest BCUT2D eigenvalue weighted by Crippen LogP contribution is 2.41. The highest BCUT2D eigenvalue weighted by atomic mass is 31.2. The van der Waals surface area contributed by atoms with E-state index in [4.69, 9.17) is 9.26 Å². The number of hydrogen-bond donors (Lipinski definition) is 6. The molecule has 0 spiro atoms. The Labute approximate surface area is 353 Å². The van der Waals surface area contributed by atoms with Crippen LogP contribution in [0, 0.1) is 5.92 Å². The molecular formula is C41H54N7O12P. The molecule has 4 heterocycles. The van der Waals surface area contributed by atoms with Crippen LogP contribution in [0.3, 0.4) is 0 Å². The van der Waals surface area contributed by atoms with E-state index < -0.39 is 104 Å². The second-order valence-electron chi connectivity index (χ2n) is 16.4. The lowest BCUT2D eigenvalue weighted by atomic mass is 9.94. The van der Waals surface area contributed by atoms with Gasteiger partial charge in [0, 0.05) is 38.2 Å². The Kier molecular flexibility index (Phi) is 14.3. The van der Waals surface area contributed by atoms with Gasteiger partial charge in [-0.25, -0.2) is 9.36 Å². The number of phosphoric acid groups is 1. The smallest absolute Gasteiger partial charge is 0.373 e. The van der Waals surface area contributed by atoms with Gasteiger partial charge in [-0.2, -0.15) is 0 Å². The SMILES string of the molecule is C[C@H]1CN2C(=O)[C@H](C)NC(=O)[C@@H]3CCCCN3C(=O)[C@@H]3C[C@@H](OP(=O)(O)O)CN3C(=O)[C@@H](NC(=O)[C@H](Cc3ccccc3)NC(=O)Nc3ccccc3)[C@H](C)OCC2(C=O)C1. The number of piperidine rings is 1. The molecule has 330 valence electrons. The van der Waals surface area contributed by atoms with Crippen molar-refractivity contribution in [2.75, 3.05) is 31.6 Å². The van der Waals surface area contributed by atoms with Crippen molar-refractivity contribution >= 4 is 55.4 Å². The fourth-order valence-electron chi connectivity index (χ4n) is 8.76. The number of nitrogens with one attached hydrogen (secondary N) is 4. The maximum atomic E-state index is 15.0. The van der Waals surface area contributed by atoms with Gasteiger partial charge in [-0.15, -0.1) is 0 Å². The van der Waals surface area contributed by atoms with Crippen molar-refractivity contribution in [3.8, 4) is 0 Å². The second kappa shape index (κ2) is 19.2. The van der Waals surface area contributed by atoms with Crippen molar-refractivity contribution in [1.29, 1.82) is 0 Å². The minimum absolute atomic E-state index is 0.0200. The van der Waals surface area contributed by atoms with Gasteiger partial charge >= 0.3 is 13.9 Å². The van der Waals surface area contributed by atoms with Crippen molar-refractivity contribution < 1.29 is 57.2 Å². The van der Waals surface area contributed by atoms with Gasteiger partial charge in [0.15, 0.2) is 0 Å². The zero-order valence-corrected chi connectivity index (χ0v) is 35.2. The first kappa shape index (κ1) is 45.3. The third-order valence-electron chi connectivity index (χ3n) is 11.7. The fourth-order valence-corrected chi connectivity index (χ4v) is 9.31. The number of nitrogens with zero attached hydrogens (tertiary/aromatic N) is 3. The quantitative estimate of drug-likeness (QED) is 0.153. The van der Waals surface area contributed by atoms with E-state index in [0.717, 1.165) is 4.90 Å². The lowest BCUT2D eigenvalue weighted by molar-refractivity contribution is -0.155. The molecule has 6 rings (SSSR count). The van der Waals surface area contributed by atoms with E-state index in [-0.39, 0.29) is 44.7 Å². The average Bonchev–Trinajstić information content (AvgIpc) is 3.80. The minimum atomic E-state index is -5.13. The van der Waals surface area contributed by atoms with Gasteiger partial charge in [-0.1, -0.05) is 55.5 Å². The first-order valence-electron chi connectivity index (χ1n) is 20.5. The Morgan fingerprint density at radius 2 is 1.64 bits per heavy atom. The van der Waals surface area contributed by atoms with Crippen LogP contribution in [-0.2, 0) is 49.0 Å². The van der Waals surface area contributed by atoms with Crippen LogP contribution >= 0.6 is 7.82 Å². The highest BCUT2D eigenvalue weighted by Gasteiger charge is 2.52. The molecule has 2 aromatic rings. The van der Waals surface area contributed by atoms with Crippen molar-refractivity contribution in [2.45, 2.75) is 107 Å². The largest absolute Gasteiger partial charge is 0.469 e. The Bertz CT molecular complexity index is 2010. The van der Waals surface area contributed by atoms with Gasteiger partial charge in [-0.3, -0.25) is 28.5 Å². The van der Waals surface area contributed by atoms with E-state index in [1.165, 1.54) is 23.6 Å². The maximum Gasteiger partial charge on any atom is 0.469 e. The van der Waals surface area contributed by atoms with Crippen LogP contribution in [0.25, 0.3) is 0 Å². The van der Waals surface area contributed by atoms with Crippen molar-refractivity contribution in [3.63, 3.8) is 0 Å². The molecule has 4 aliphatic rings. The molecule has 19 nitrogen and oxygen atoms in total. The summed E-state index contributed by atoms with van der Waals surface area (Å²) in [6.45, 7) is 4.20. The Morgan fingerprint density at radius 3 is 2.31 bits per heavy atom. The molecular weight excluding hydrogens is 813 g/mol. The lowest BCUT2D eigenvalue weighted by Crippen LogP contribution is -2.64. The minimum Gasteiger partial charge on any atom is -0.373 e. The molecule has 4 aliphatic heterocycles. The molecule has 1 unspecified atom stereocenters. The number of hydrogen-bond acceptors (Lipinski definition) is 10. The molecule has 0 radical (unpaired) electrons. The van der Waals surface area contributed by atoms with Crippen LogP contribution < -0.4 is 21.3 Å². The zero-order valence-electron chi connectivity index (χ0n) is 34.3. The number of rotatable bonds is 9. The fraction of sp³-hybridized carbons (Fsp3) is 0.537. The number of urea groups is 1. The van der Waals surface area contributed by atoms with Gasteiger partial charge in [0.2, 0.25) is 29.5 Å². The van der Waals surface area contributed by atoms with Crippen LogP contribution in [0.2, 0.25) is 0 Å². The molecule has 4 saturated heterocycles. The zero-order chi connectivity index (χ0) is 44.1. The van der Waals surface area contributed by atoms with Gasteiger partial charge in [0.25, 0.3) is 0 Å². The first-order valence-corrected chi connectivity index (χ1v) is 22.0. The molecule has 20 heteroatoms. The number of carbonyl (C=O) groups excluding carboxylic acids is 7. The summed E-state index contributed by atoms with van der Waals surface area (Å²) >= 11 is 0. The average molecular weight is 868 g/mol. The monoisotopic (exact) mass is 867 g/mol. The Balaban J connectivity index is 1.39. The van der Waals surface area contributed by atoms with E-state index in [2.05, 4.69) is 21.3 Å². The van der Waals surface area contributed by atoms with Crippen molar-refractivity contribution in [1.82, 2.24) is 30.7 Å². The molecule has 61 heavy (non-hydrogen) atoms. The predicted octanol–water partition coefficient (Wildman–Crippen LogP) is 1.09. The molecule has 0 aromatic heterocycles. The van der Waals surface area contributed by atoms with Gasteiger partial charge < -0.3 is 55.3 Å². The van der Waals surface area contributed by atoms with Crippen molar-refractivity contribution in [3.05, 3.63) is 66.2 Å². The summed E-state index contributed by atoms with van der Waals surface area (Å²) in [6.07, 6.45) is -0.842. The van der Waals surface area contributed by atoms with Crippen LogP contribution in [-0.4, -0.2) is 141 Å². The van der Waals surface area contributed by atoms with Crippen LogP contribution in [0.15, 0.2) is 60.7 Å². The molecule has 9 atom stereocenters. The summed E-state index contributed by atoms with van der Waals surface area (Å²) in [4.78, 5) is 122. The van der Waals surface area contributed by atoms with Gasteiger partial charge in [-0.05, 0) is 63.1 Å². The summed E-state index contributed by atoms with van der Waals surface area (Å²) in [5.74, 6) is -3.74. The number of amides is 7. The second-order valence-corrected chi connectivity index (χ2v) is 17.6. The Morgan fingerprint density at radius 1 is 0.951 bits per heavy atom. The van der Waals surface area contributed by atoms with Gasteiger partial charge in [0.1, 0.15) is 42.0 Å². The van der Waals surface area contributed by atoms with Crippen LogP contribution in [0.5, 0.6) is 0 Å². The summed E-state index contributed by atoms with van der Waals surface area (Å²) in [5, 5.41) is 10.8. The number of benzene rings is 2. The van der Waals surface area contributed by atoms with E-state index in [9.17, 15) is 43.1 Å². The van der Waals surface area contributed by atoms with E-state index in [1.54, 1.807) is 60.7 Å². The Hall–Kier alpha value is -5.20. The number of fused-ring (bicyclic) bond motifs is 3. The summed E-state index contributed by atoms with van der Waals surface area (Å²) in [7, 11) is -5.13. The molecule has 4 fully saturated rings. The third kappa shape index (κ3) is 10.8.